The van der Waals surface area contributed by atoms with Crippen LogP contribution in [-0.2, 0) is 6.42 Å². The molecule has 3 nitrogen and oxygen atoms in total. The van der Waals surface area contributed by atoms with Gasteiger partial charge in [-0.25, -0.2) is 0 Å². The Bertz CT molecular complexity index is 514. The van der Waals surface area contributed by atoms with Crippen LogP contribution in [0.25, 0.3) is 11.3 Å². The Morgan fingerprint density at radius 2 is 2.12 bits per heavy atom. The maximum Gasteiger partial charge on any atom is 0.139 e. The number of nitrogens with zero attached hydrogens (tertiary/aromatic N) is 1. The van der Waals surface area contributed by atoms with E-state index in [0.29, 0.717) is 12.3 Å². The molecule has 0 atom stereocenters. The van der Waals surface area contributed by atoms with Crippen LogP contribution in [0.1, 0.15) is 30.1 Å². The van der Waals surface area contributed by atoms with Gasteiger partial charge in [-0.3, -0.25) is 0 Å². The van der Waals surface area contributed by atoms with Gasteiger partial charge in [0, 0.05) is 18.1 Å². The van der Waals surface area contributed by atoms with Gasteiger partial charge in [0.05, 0.1) is 6.61 Å². The highest BCUT2D eigenvalue weighted by molar-refractivity contribution is 5.65. The highest BCUT2D eigenvalue weighted by Gasteiger charge is 2.26. The zero-order valence-corrected chi connectivity index (χ0v) is 9.60. The molecule has 17 heavy (non-hydrogen) atoms. The summed E-state index contributed by atoms with van der Waals surface area (Å²) in [6.45, 7) is 0.0961. The van der Waals surface area contributed by atoms with Gasteiger partial charge in [-0.15, -0.1) is 0 Å². The van der Waals surface area contributed by atoms with Crippen molar-refractivity contribution in [3.8, 4) is 11.3 Å². The van der Waals surface area contributed by atoms with E-state index in [4.69, 9.17) is 9.63 Å². The van der Waals surface area contributed by atoms with Crippen LogP contribution in [0.5, 0.6) is 0 Å². The van der Waals surface area contributed by atoms with Crippen molar-refractivity contribution in [1.82, 2.24) is 5.16 Å². The first-order chi connectivity index (χ1) is 8.38. The molecule has 1 aliphatic rings. The molecule has 2 aromatic rings. The van der Waals surface area contributed by atoms with Crippen molar-refractivity contribution in [2.45, 2.75) is 25.2 Å². The second kappa shape index (κ2) is 4.34. The van der Waals surface area contributed by atoms with Gasteiger partial charge in [-0.1, -0.05) is 29.4 Å². The van der Waals surface area contributed by atoms with Crippen LogP contribution in [0.15, 0.2) is 34.9 Å². The Morgan fingerprint density at radius 3 is 2.88 bits per heavy atom. The van der Waals surface area contributed by atoms with Crippen LogP contribution in [0.3, 0.4) is 0 Å². The molecule has 1 fully saturated rings. The van der Waals surface area contributed by atoms with E-state index < -0.39 is 0 Å². The zero-order valence-electron chi connectivity index (χ0n) is 9.60. The second-order valence-electron chi connectivity index (χ2n) is 4.51. The van der Waals surface area contributed by atoms with E-state index in [1.807, 2.05) is 12.1 Å². The molecule has 3 heteroatoms. The smallest absolute Gasteiger partial charge is 0.139 e. The molecule has 0 aliphatic heterocycles. The molecular weight excluding hydrogens is 214 g/mol. The molecule has 0 saturated heterocycles. The molecule has 0 unspecified atom stereocenters. The predicted molar refractivity (Wildman–Crippen MR) is 64.7 cm³/mol. The predicted octanol–water partition coefficient (Wildman–Crippen LogP) is 2.75. The first-order valence-corrected chi connectivity index (χ1v) is 6.04. The average molecular weight is 229 g/mol. The summed E-state index contributed by atoms with van der Waals surface area (Å²) < 4.78 is 5.20. The summed E-state index contributed by atoms with van der Waals surface area (Å²) in [6, 6.07) is 10.3. The van der Waals surface area contributed by atoms with Gasteiger partial charge in [0.1, 0.15) is 11.5 Å². The number of benzene rings is 1. The monoisotopic (exact) mass is 229 g/mol. The summed E-state index contributed by atoms with van der Waals surface area (Å²) in [5, 5.41) is 13.0. The Balaban J connectivity index is 1.96. The summed E-state index contributed by atoms with van der Waals surface area (Å²) >= 11 is 0. The lowest BCUT2D eigenvalue weighted by Crippen LogP contribution is -1.87. The number of hydrogen-bond acceptors (Lipinski definition) is 3. The molecule has 0 amide bonds. The number of aliphatic hydroxyl groups excluding tert-OH is 1. The van der Waals surface area contributed by atoms with Gasteiger partial charge in [0.15, 0.2) is 0 Å². The van der Waals surface area contributed by atoms with E-state index in [1.54, 1.807) is 0 Å². The molecule has 0 bridgehead atoms. The fraction of sp³-hybridized carbons (Fsp3) is 0.357. The molecule has 1 heterocycles. The van der Waals surface area contributed by atoms with Crippen LogP contribution in [-0.4, -0.2) is 16.9 Å². The normalized spacial score (nSPS) is 15.1. The molecule has 1 aliphatic carbocycles. The van der Waals surface area contributed by atoms with Crippen molar-refractivity contribution in [2.24, 2.45) is 0 Å². The fourth-order valence-electron chi connectivity index (χ4n) is 2.15. The standard InChI is InChI=1S/C14H15NO2/c16-8-7-11-9-14(15-17-11)13-4-2-1-3-12(13)10-5-6-10/h1-4,9-10,16H,5-8H2. The SMILES string of the molecule is OCCc1cc(-c2ccccc2C2CC2)no1. The first kappa shape index (κ1) is 10.5. The number of aliphatic hydroxyl groups is 1. The van der Waals surface area contributed by atoms with E-state index in [-0.39, 0.29) is 6.61 Å². The fourth-order valence-corrected chi connectivity index (χ4v) is 2.15. The lowest BCUT2D eigenvalue weighted by atomic mass is 10.0. The molecule has 0 radical (unpaired) electrons. The Kier molecular flexibility index (Phi) is 2.69. The zero-order chi connectivity index (χ0) is 11.7. The highest BCUT2D eigenvalue weighted by Crippen LogP contribution is 2.44. The van der Waals surface area contributed by atoms with Gasteiger partial charge < -0.3 is 9.63 Å². The quantitative estimate of drug-likeness (QED) is 0.876. The average Bonchev–Trinajstić information content (AvgIpc) is 3.10. The van der Waals surface area contributed by atoms with Crippen molar-refractivity contribution in [1.29, 1.82) is 0 Å². The van der Waals surface area contributed by atoms with Crippen molar-refractivity contribution < 1.29 is 9.63 Å². The second-order valence-corrected chi connectivity index (χ2v) is 4.51. The van der Waals surface area contributed by atoms with Gasteiger partial charge in [-0.05, 0) is 24.3 Å². The van der Waals surface area contributed by atoms with E-state index in [0.717, 1.165) is 11.5 Å². The van der Waals surface area contributed by atoms with Gasteiger partial charge >= 0.3 is 0 Å². The van der Waals surface area contributed by atoms with Crippen LogP contribution in [0, 0.1) is 0 Å². The first-order valence-electron chi connectivity index (χ1n) is 6.04. The number of hydrogen-bond donors (Lipinski definition) is 1. The molecule has 1 N–H and O–H groups in total. The molecule has 0 spiro atoms. The van der Waals surface area contributed by atoms with Crippen molar-refractivity contribution in [3.63, 3.8) is 0 Å². The van der Waals surface area contributed by atoms with E-state index in [1.165, 1.54) is 24.0 Å². The lowest BCUT2D eigenvalue weighted by Gasteiger charge is -2.04. The van der Waals surface area contributed by atoms with Crippen molar-refractivity contribution in [2.75, 3.05) is 6.61 Å². The topological polar surface area (TPSA) is 46.3 Å². The Labute approximate surface area is 100 Å². The summed E-state index contributed by atoms with van der Waals surface area (Å²) in [7, 11) is 0. The highest BCUT2D eigenvalue weighted by atomic mass is 16.5. The minimum atomic E-state index is 0.0961. The van der Waals surface area contributed by atoms with Gasteiger partial charge in [0.25, 0.3) is 0 Å². The summed E-state index contributed by atoms with van der Waals surface area (Å²) in [5.41, 5.74) is 3.43. The molecule has 88 valence electrons. The summed E-state index contributed by atoms with van der Waals surface area (Å²) in [4.78, 5) is 0. The third-order valence-electron chi connectivity index (χ3n) is 3.17. The molecule has 3 rings (SSSR count). The third-order valence-corrected chi connectivity index (χ3v) is 3.17. The van der Waals surface area contributed by atoms with Gasteiger partial charge in [-0.2, -0.15) is 0 Å². The third kappa shape index (κ3) is 2.11. The maximum absolute atomic E-state index is 8.86. The van der Waals surface area contributed by atoms with Crippen molar-refractivity contribution >= 4 is 0 Å². The number of aromatic nitrogens is 1. The summed E-state index contributed by atoms with van der Waals surface area (Å²) in [5.74, 6) is 1.44. The van der Waals surface area contributed by atoms with Crippen LogP contribution in [0.4, 0.5) is 0 Å². The van der Waals surface area contributed by atoms with Crippen LogP contribution >= 0.6 is 0 Å². The maximum atomic E-state index is 8.86. The molecule has 1 saturated carbocycles. The summed E-state index contributed by atoms with van der Waals surface area (Å²) in [6.07, 6.45) is 3.08. The Morgan fingerprint density at radius 1 is 1.29 bits per heavy atom. The lowest BCUT2D eigenvalue weighted by molar-refractivity contribution is 0.277. The minimum Gasteiger partial charge on any atom is -0.396 e. The molecular formula is C14H15NO2. The van der Waals surface area contributed by atoms with E-state index in [9.17, 15) is 0 Å². The van der Waals surface area contributed by atoms with Crippen LogP contribution in [0.2, 0.25) is 0 Å². The largest absolute Gasteiger partial charge is 0.396 e. The van der Waals surface area contributed by atoms with E-state index in [2.05, 4.69) is 23.4 Å². The molecule has 1 aromatic carbocycles. The van der Waals surface area contributed by atoms with Crippen molar-refractivity contribution in [3.05, 3.63) is 41.7 Å². The van der Waals surface area contributed by atoms with Crippen LogP contribution < -0.4 is 0 Å². The Hall–Kier alpha value is -1.61. The molecule has 1 aromatic heterocycles. The number of rotatable bonds is 4. The van der Waals surface area contributed by atoms with Gasteiger partial charge in [0.2, 0.25) is 0 Å². The van der Waals surface area contributed by atoms with E-state index >= 15 is 0 Å². The minimum absolute atomic E-state index is 0.0961.